The summed E-state index contributed by atoms with van der Waals surface area (Å²) in [7, 11) is 0. The molecule has 5 heteroatoms. The minimum absolute atomic E-state index is 0.222. The lowest BCUT2D eigenvalue weighted by atomic mass is 10.1. The van der Waals surface area contributed by atoms with E-state index in [1.54, 1.807) is 0 Å². The Bertz CT molecular complexity index is 597. The Labute approximate surface area is 123 Å². The van der Waals surface area contributed by atoms with Crippen LogP contribution in [0.2, 0.25) is 5.15 Å². The first-order valence-electron chi connectivity index (χ1n) is 6.91. The number of aliphatic hydroxyl groups excluding tert-OH is 1. The van der Waals surface area contributed by atoms with E-state index in [2.05, 4.69) is 26.9 Å². The second-order valence-electron chi connectivity index (χ2n) is 5.04. The molecule has 0 atom stereocenters. The number of aliphatic hydroxyl groups is 1. The maximum atomic E-state index is 8.97. The molecule has 1 aromatic heterocycles. The van der Waals surface area contributed by atoms with Gasteiger partial charge < -0.3 is 10.0 Å². The van der Waals surface area contributed by atoms with Crippen molar-refractivity contribution in [3.05, 3.63) is 35.5 Å². The minimum Gasteiger partial charge on any atom is -0.395 e. The van der Waals surface area contributed by atoms with Crippen LogP contribution >= 0.6 is 11.6 Å². The molecule has 0 saturated carbocycles. The van der Waals surface area contributed by atoms with Gasteiger partial charge >= 0.3 is 0 Å². The Morgan fingerprint density at radius 3 is 2.65 bits per heavy atom. The van der Waals surface area contributed by atoms with Crippen LogP contribution in [0.4, 0.5) is 5.82 Å². The molecule has 4 nitrogen and oxygen atoms in total. The molecule has 3 rings (SSSR count). The number of hydrogen-bond donors (Lipinski definition) is 1. The molecule has 0 aliphatic carbocycles. The molecule has 0 radical (unpaired) electrons. The first kappa shape index (κ1) is 13.6. The Morgan fingerprint density at radius 2 is 1.90 bits per heavy atom. The molecule has 0 bridgehead atoms. The highest BCUT2D eigenvalue weighted by atomic mass is 35.5. The number of halogens is 1. The number of anilines is 1. The highest BCUT2D eigenvalue weighted by Crippen LogP contribution is 2.26. The summed E-state index contributed by atoms with van der Waals surface area (Å²) in [6, 6.07) is 10.1. The van der Waals surface area contributed by atoms with Gasteiger partial charge in [-0.15, -0.1) is 0 Å². The molecule has 2 heterocycles. The fourth-order valence-electron chi connectivity index (χ4n) is 2.65. The summed E-state index contributed by atoms with van der Waals surface area (Å²) in [5.41, 5.74) is 0. The lowest BCUT2D eigenvalue weighted by Gasteiger charge is -2.35. The standard InChI is InChI=1S/C15H18ClN3O/c16-15-13-4-2-1-3-12(13)11-14(17-15)19-7-5-18(6-8-19)9-10-20/h1-4,11,20H,5-10H2. The second-order valence-corrected chi connectivity index (χ2v) is 5.40. The molecule has 0 spiro atoms. The van der Waals surface area contributed by atoms with E-state index in [-0.39, 0.29) is 6.61 Å². The first-order chi connectivity index (χ1) is 9.78. The van der Waals surface area contributed by atoms with Crippen molar-refractivity contribution >= 4 is 28.2 Å². The number of fused-ring (bicyclic) bond motifs is 1. The second kappa shape index (κ2) is 5.95. The van der Waals surface area contributed by atoms with Gasteiger partial charge in [0.25, 0.3) is 0 Å². The van der Waals surface area contributed by atoms with E-state index in [4.69, 9.17) is 16.7 Å². The Morgan fingerprint density at radius 1 is 1.15 bits per heavy atom. The smallest absolute Gasteiger partial charge is 0.139 e. The fourth-order valence-corrected chi connectivity index (χ4v) is 2.91. The third-order valence-electron chi connectivity index (χ3n) is 3.79. The molecule has 1 aromatic carbocycles. The number of pyridine rings is 1. The first-order valence-corrected chi connectivity index (χ1v) is 7.29. The summed E-state index contributed by atoms with van der Waals surface area (Å²) < 4.78 is 0. The molecule has 20 heavy (non-hydrogen) atoms. The van der Waals surface area contributed by atoms with Crippen molar-refractivity contribution in [1.82, 2.24) is 9.88 Å². The summed E-state index contributed by atoms with van der Waals surface area (Å²) in [6.45, 7) is 4.71. The molecule has 0 amide bonds. The van der Waals surface area contributed by atoms with Crippen molar-refractivity contribution in [2.75, 3.05) is 44.2 Å². The van der Waals surface area contributed by atoms with E-state index >= 15 is 0 Å². The summed E-state index contributed by atoms with van der Waals surface area (Å²) >= 11 is 6.28. The van der Waals surface area contributed by atoms with Crippen LogP contribution in [0.1, 0.15) is 0 Å². The number of β-amino-alcohol motifs (C(OH)–C–C–N with tert-alkyl or cyclic N) is 1. The maximum absolute atomic E-state index is 8.97. The van der Waals surface area contributed by atoms with Gasteiger partial charge in [-0.1, -0.05) is 35.9 Å². The van der Waals surface area contributed by atoms with E-state index in [1.165, 1.54) is 0 Å². The minimum atomic E-state index is 0.222. The molecule has 1 saturated heterocycles. The van der Waals surface area contributed by atoms with Crippen molar-refractivity contribution < 1.29 is 5.11 Å². The van der Waals surface area contributed by atoms with E-state index in [9.17, 15) is 0 Å². The van der Waals surface area contributed by atoms with E-state index in [0.717, 1.165) is 49.3 Å². The van der Waals surface area contributed by atoms with Crippen molar-refractivity contribution in [2.24, 2.45) is 0 Å². The molecular weight excluding hydrogens is 274 g/mol. The maximum Gasteiger partial charge on any atom is 0.139 e. The molecule has 1 N–H and O–H groups in total. The molecule has 1 aliphatic heterocycles. The van der Waals surface area contributed by atoms with Gasteiger partial charge in [0.1, 0.15) is 11.0 Å². The van der Waals surface area contributed by atoms with Gasteiger partial charge in [0.05, 0.1) is 6.61 Å². The van der Waals surface area contributed by atoms with Gasteiger partial charge in [-0.25, -0.2) is 4.98 Å². The lowest BCUT2D eigenvalue weighted by molar-refractivity contribution is 0.188. The highest BCUT2D eigenvalue weighted by molar-refractivity contribution is 6.34. The number of benzene rings is 1. The number of aromatic nitrogens is 1. The molecule has 106 valence electrons. The Hall–Kier alpha value is -1.36. The van der Waals surface area contributed by atoms with Crippen molar-refractivity contribution in [3.63, 3.8) is 0 Å². The molecule has 1 aliphatic rings. The van der Waals surface area contributed by atoms with Gasteiger partial charge in [0, 0.05) is 38.1 Å². The Kier molecular flexibility index (Phi) is 4.05. The number of hydrogen-bond acceptors (Lipinski definition) is 4. The monoisotopic (exact) mass is 291 g/mol. The van der Waals surface area contributed by atoms with E-state index in [0.29, 0.717) is 5.15 Å². The van der Waals surface area contributed by atoms with Crippen molar-refractivity contribution in [1.29, 1.82) is 0 Å². The fraction of sp³-hybridized carbons (Fsp3) is 0.400. The van der Waals surface area contributed by atoms with Crippen LogP contribution in [0.25, 0.3) is 10.8 Å². The number of nitrogens with zero attached hydrogens (tertiary/aromatic N) is 3. The van der Waals surface area contributed by atoms with Gasteiger partial charge in [-0.05, 0) is 11.5 Å². The van der Waals surface area contributed by atoms with E-state index in [1.807, 2.05) is 18.2 Å². The van der Waals surface area contributed by atoms with Crippen LogP contribution < -0.4 is 4.90 Å². The average Bonchev–Trinajstić information content (AvgIpc) is 2.48. The van der Waals surface area contributed by atoms with Crippen LogP contribution in [0.15, 0.2) is 30.3 Å². The predicted molar refractivity (Wildman–Crippen MR) is 82.5 cm³/mol. The summed E-state index contributed by atoms with van der Waals surface area (Å²) in [6.07, 6.45) is 0. The largest absolute Gasteiger partial charge is 0.395 e. The topological polar surface area (TPSA) is 39.6 Å². The van der Waals surface area contributed by atoms with Crippen molar-refractivity contribution in [2.45, 2.75) is 0 Å². The quantitative estimate of drug-likeness (QED) is 0.878. The Balaban J connectivity index is 1.81. The van der Waals surface area contributed by atoms with Crippen LogP contribution in [-0.4, -0.2) is 54.3 Å². The third-order valence-corrected chi connectivity index (χ3v) is 4.08. The zero-order valence-corrected chi connectivity index (χ0v) is 12.1. The van der Waals surface area contributed by atoms with Crippen LogP contribution in [0.3, 0.4) is 0 Å². The normalized spacial score (nSPS) is 16.8. The SMILES string of the molecule is OCCN1CCN(c2cc3ccccc3c(Cl)n2)CC1. The van der Waals surface area contributed by atoms with Gasteiger partial charge in [-0.2, -0.15) is 0 Å². The predicted octanol–water partition coefficient (Wildman–Crippen LogP) is 2.00. The summed E-state index contributed by atoms with van der Waals surface area (Å²) in [4.78, 5) is 9.04. The zero-order valence-electron chi connectivity index (χ0n) is 11.3. The van der Waals surface area contributed by atoms with Crippen molar-refractivity contribution in [3.8, 4) is 0 Å². The summed E-state index contributed by atoms with van der Waals surface area (Å²) in [5.74, 6) is 0.942. The van der Waals surface area contributed by atoms with E-state index < -0.39 is 0 Å². The number of piperazine rings is 1. The average molecular weight is 292 g/mol. The van der Waals surface area contributed by atoms with Crippen LogP contribution in [0.5, 0.6) is 0 Å². The van der Waals surface area contributed by atoms with Crippen LogP contribution in [0, 0.1) is 0 Å². The zero-order chi connectivity index (χ0) is 13.9. The molecular formula is C15H18ClN3O. The molecule has 0 unspecified atom stereocenters. The molecule has 1 fully saturated rings. The lowest BCUT2D eigenvalue weighted by Crippen LogP contribution is -2.47. The van der Waals surface area contributed by atoms with Crippen LogP contribution in [-0.2, 0) is 0 Å². The van der Waals surface area contributed by atoms with Gasteiger partial charge in [-0.3, -0.25) is 4.90 Å². The third kappa shape index (κ3) is 2.73. The van der Waals surface area contributed by atoms with Gasteiger partial charge in [0.2, 0.25) is 0 Å². The molecule has 2 aromatic rings. The highest BCUT2D eigenvalue weighted by Gasteiger charge is 2.18. The number of rotatable bonds is 3. The summed E-state index contributed by atoms with van der Waals surface area (Å²) in [5, 5.41) is 11.7. The van der Waals surface area contributed by atoms with Gasteiger partial charge in [0.15, 0.2) is 0 Å².